The Balaban J connectivity index is 1.91. The monoisotopic (exact) mass is 288 g/mol. The molecule has 7 heteroatoms. The zero-order valence-electron chi connectivity index (χ0n) is 10.6. The third-order valence-corrected chi connectivity index (χ3v) is 3.31. The van der Waals surface area contributed by atoms with Gasteiger partial charge in [0.25, 0.3) is 0 Å². The molecule has 0 bridgehead atoms. The predicted octanol–water partition coefficient (Wildman–Crippen LogP) is 2.74. The smallest absolute Gasteiger partial charge is 0.388 e. The molecule has 1 fully saturated rings. The van der Waals surface area contributed by atoms with Crippen LogP contribution in [0.2, 0.25) is 0 Å². The number of hydrogen-bond donors (Lipinski definition) is 3. The van der Waals surface area contributed by atoms with Crippen molar-refractivity contribution in [1.82, 2.24) is 5.32 Å². The van der Waals surface area contributed by atoms with Gasteiger partial charge in [0.2, 0.25) is 0 Å². The zero-order chi connectivity index (χ0) is 14.8. The molecule has 1 aromatic rings. The standard InChI is InChI=1S/C13H15F3N2O2/c14-13(15,16)9-3-1-4-10(7-9)18-11(19)17-8-12(20)5-2-6-12/h1,3-4,7,20H,2,5-6,8H2,(H2,17,18,19). The fraction of sp³-hybridized carbons (Fsp3) is 0.462. The Morgan fingerprint density at radius 3 is 2.60 bits per heavy atom. The van der Waals surface area contributed by atoms with Crippen LogP contribution in [0.15, 0.2) is 24.3 Å². The van der Waals surface area contributed by atoms with Crippen LogP contribution >= 0.6 is 0 Å². The minimum absolute atomic E-state index is 0.0536. The van der Waals surface area contributed by atoms with Gasteiger partial charge in [0.05, 0.1) is 11.2 Å². The lowest BCUT2D eigenvalue weighted by Gasteiger charge is -2.36. The fourth-order valence-electron chi connectivity index (χ4n) is 1.96. The number of hydrogen-bond acceptors (Lipinski definition) is 2. The second-order valence-electron chi connectivity index (χ2n) is 4.96. The highest BCUT2D eigenvalue weighted by Crippen LogP contribution is 2.31. The molecule has 20 heavy (non-hydrogen) atoms. The summed E-state index contributed by atoms with van der Waals surface area (Å²) in [6, 6.07) is 3.74. The van der Waals surface area contributed by atoms with Crippen molar-refractivity contribution in [3.63, 3.8) is 0 Å². The van der Waals surface area contributed by atoms with Crippen LogP contribution in [0.5, 0.6) is 0 Å². The summed E-state index contributed by atoms with van der Waals surface area (Å²) in [4.78, 5) is 11.5. The molecule has 1 aromatic carbocycles. The third-order valence-electron chi connectivity index (χ3n) is 3.31. The number of carbonyl (C=O) groups excluding carboxylic acids is 1. The molecule has 0 unspecified atom stereocenters. The van der Waals surface area contributed by atoms with Gasteiger partial charge in [0.15, 0.2) is 0 Å². The van der Waals surface area contributed by atoms with E-state index in [1.807, 2.05) is 0 Å². The van der Waals surface area contributed by atoms with Crippen LogP contribution in [0, 0.1) is 0 Å². The highest BCUT2D eigenvalue weighted by molar-refractivity contribution is 5.89. The van der Waals surface area contributed by atoms with Crippen molar-refractivity contribution in [2.24, 2.45) is 0 Å². The van der Waals surface area contributed by atoms with E-state index in [-0.39, 0.29) is 12.2 Å². The van der Waals surface area contributed by atoms with E-state index in [0.717, 1.165) is 18.6 Å². The number of alkyl halides is 3. The Morgan fingerprint density at radius 1 is 1.35 bits per heavy atom. The van der Waals surface area contributed by atoms with E-state index < -0.39 is 23.4 Å². The minimum atomic E-state index is -4.45. The van der Waals surface area contributed by atoms with Crippen molar-refractivity contribution >= 4 is 11.7 Å². The van der Waals surface area contributed by atoms with Crippen LogP contribution < -0.4 is 10.6 Å². The fourth-order valence-corrected chi connectivity index (χ4v) is 1.96. The number of rotatable bonds is 3. The molecule has 110 valence electrons. The van der Waals surface area contributed by atoms with Gasteiger partial charge in [-0.3, -0.25) is 0 Å². The van der Waals surface area contributed by atoms with Gasteiger partial charge in [-0.15, -0.1) is 0 Å². The predicted molar refractivity (Wildman–Crippen MR) is 67.3 cm³/mol. The average Bonchev–Trinajstić information content (AvgIpc) is 2.33. The molecule has 0 saturated heterocycles. The van der Waals surface area contributed by atoms with Crippen molar-refractivity contribution < 1.29 is 23.1 Å². The highest BCUT2D eigenvalue weighted by Gasteiger charge is 2.34. The van der Waals surface area contributed by atoms with Gasteiger partial charge >= 0.3 is 12.2 Å². The van der Waals surface area contributed by atoms with E-state index in [1.54, 1.807) is 0 Å². The second-order valence-corrected chi connectivity index (χ2v) is 4.96. The second kappa shape index (κ2) is 5.32. The summed E-state index contributed by atoms with van der Waals surface area (Å²) in [6.45, 7) is 0.0950. The number of halogens is 3. The highest BCUT2D eigenvalue weighted by atomic mass is 19.4. The molecule has 0 aromatic heterocycles. The summed E-state index contributed by atoms with van der Waals surface area (Å²) in [5.74, 6) is 0. The number of aliphatic hydroxyl groups is 1. The van der Waals surface area contributed by atoms with Crippen molar-refractivity contribution in [3.8, 4) is 0 Å². The molecule has 1 aliphatic rings. The van der Waals surface area contributed by atoms with Crippen LogP contribution in [-0.2, 0) is 6.18 Å². The number of carbonyl (C=O) groups is 1. The first-order chi connectivity index (χ1) is 9.28. The summed E-state index contributed by atoms with van der Waals surface area (Å²) in [5, 5.41) is 14.5. The lowest BCUT2D eigenvalue weighted by molar-refractivity contribution is -0.137. The van der Waals surface area contributed by atoms with Gasteiger partial charge in [0, 0.05) is 12.2 Å². The molecule has 0 radical (unpaired) electrons. The summed E-state index contributed by atoms with van der Waals surface area (Å²) in [7, 11) is 0. The molecular weight excluding hydrogens is 273 g/mol. The van der Waals surface area contributed by atoms with E-state index in [4.69, 9.17) is 0 Å². The van der Waals surface area contributed by atoms with E-state index in [2.05, 4.69) is 10.6 Å². The summed E-state index contributed by atoms with van der Waals surface area (Å²) in [5.41, 5.74) is -1.64. The Kier molecular flexibility index (Phi) is 3.89. The van der Waals surface area contributed by atoms with Crippen molar-refractivity contribution in [3.05, 3.63) is 29.8 Å². The lowest BCUT2D eigenvalue weighted by atomic mass is 9.80. The largest absolute Gasteiger partial charge is 0.416 e. The van der Waals surface area contributed by atoms with Crippen LogP contribution in [0.3, 0.4) is 0 Å². The van der Waals surface area contributed by atoms with E-state index in [9.17, 15) is 23.1 Å². The minimum Gasteiger partial charge on any atom is -0.388 e. The Labute approximate surface area is 114 Å². The molecule has 0 aliphatic heterocycles. The molecule has 0 atom stereocenters. The van der Waals surface area contributed by atoms with E-state index in [1.165, 1.54) is 12.1 Å². The van der Waals surface area contributed by atoms with E-state index in [0.29, 0.717) is 12.8 Å². The first-order valence-corrected chi connectivity index (χ1v) is 6.23. The normalized spacial score (nSPS) is 17.2. The first-order valence-electron chi connectivity index (χ1n) is 6.23. The molecule has 2 amide bonds. The van der Waals surface area contributed by atoms with Gasteiger partial charge in [-0.05, 0) is 37.5 Å². The van der Waals surface area contributed by atoms with Crippen molar-refractivity contribution in [2.45, 2.75) is 31.0 Å². The Morgan fingerprint density at radius 2 is 2.05 bits per heavy atom. The molecule has 0 spiro atoms. The zero-order valence-corrected chi connectivity index (χ0v) is 10.6. The van der Waals surface area contributed by atoms with Crippen LogP contribution in [0.4, 0.5) is 23.7 Å². The topological polar surface area (TPSA) is 61.4 Å². The summed E-state index contributed by atoms with van der Waals surface area (Å²) < 4.78 is 37.5. The maximum atomic E-state index is 12.5. The van der Waals surface area contributed by atoms with E-state index >= 15 is 0 Å². The SMILES string of the molecule is O=C(NCC1(O)CCC1)Nc1cccc(C(F)(F)F)c1. The number of urea groups is 1. The van der Waals surface area contributed by atoms with Gasteiger partial charge in [-0.2, -0.15) is 13.2 Å². The van der Waals surface area contributed by atoms with Crippen molar-refractivity contribution in [1.29, 1.82) is 0 Å². The maximum absolute atomic E-state index is 12.5. The van der Waals surface area contributed by atoms with Crippen molar-refractivity contribution in [2.75, 3.05) is 11.9 Å². The number of anilines is 1. The molecule has 1 saturated carbocycles. The summed E-state index contributed by atoms with van der Waals surface area (Å²) >= 11 is 0. The number of nitrogens with one attached hydrogen (secondary N) is 2. The number of amides is 2. The third kappa shape index (κ3) is 3.63. The molecule has 4 nitrogen and oxygen atoms in total. The van der Waals surface area contributed by atoms with Gasteiger partial charge in [-0.1, -0.05) is 6.07 Å². The molecule has 1 aliphatic carbocycles. The molecular formula is C13H15F3N2O2. The quantitative estimate of drug-likeness (QED) is 0.801. The van der Waals surface area contributed by atoms with Crippen LogP contribution in [0.25, 0.3) is 0 Å². The lowest BCUT2D eigenvalue weighted by Crippen LogP contribution is -2.48. The molecule has 2 rings (SSSR count). The number of benzene rings is 1. The first kappa shape index (κ1) is 14.6. The Hall–Kier alpha value is -1.76. The van der Waals surface area contributed by atoms with Gasteiger partial charge in [-0.25, -0.2) is 4.79 Å². The molecule has 3 N–H and O–H groups in total. The van der Waals surface area contributed by atoms with Gasteiger partial charge in [0.1, 0.15) is 0 Å². The molecule has 0 heterocycles. The Bertz CT molecular complexity index is 499. The van der Waals surface area contributed by atoms with Gasteiger partial charge < -0.3 is 15.7 Å². The summed E-state index contributed by atoms with van der Waals surface area (Å²) in [6.07, 6.45) is -2.30. The van der Waals surface area contributed by atoms with Crippen LogP contribution in [-0.4, -0.2) is 23.3 Å². The average molecular weight is 288 g/mol. The maximum Gasteiger partial charge on any atom is 0.416 e. The van der Waals surface area contributed by atoms with Crippen LogP contribution in [0.1, 0.15) is 24.8 Å².